The number of halogens is 2. The Labute approximate surface area is 144 Å². The Morgan fingerprint density at radius 3 is 2.70 bits per heavy atom. The van der Waals surface area contributed by atoms with E-state index in [9.17, 15) is 4.79 Å². The molecule has 0 fully saturated rings. The summed E-state index contributed by atoms with van der Waals surface area (Å²) in [6.45, 7) is 2.73. The number of nitrogens with zero attached hydrogens (tertiary/aromatic N) is 2. The maximum atomic E-state index is 11.5. The Hall–Kier alpha value is -1.84. The summed E-state index contributed by atoms with van der Waals surface area (Å²) in [7, 11) is 0. The molecule has 0 aliphatic heterocycles. The number of imidazole rings is 1. The first-order valence-corrected chi connectivity index (χ1v) is 8.28. The highest BCUT2D eigenvalue weighted by atomic mass is 35.5. The monoisotopic (exact) mass is 346 g/mol. The number of aryl methyl sites for hydroxylation is 1. The van der Waals surface area contributed by atoms with Gasteiger partial charge in [0.25, 0.3) is 5.24 Å². The predicted octanol–water partition coefficient (Wildman–Crippen LogP) is 5.07. The van der Waals surface area contributed by atoms with Crippen molar-refractivity contribution in [2.75, 3.05) is 0 Å². The lowest BCUT2D eigenvalue weighted by molar-refractivity contribution is 0.108. The number of carbonyl (C=O) groups excluding carboxylic acids is 1. The minimum atomic E-state index is -0.463. The molecule has 1 aromatic heterocycles. The molecule has 3 aromatic rings. The van der Waals surface area contributed by atoms with E-state index in [1.165, 1.54) is 0 Å². The summed E-state index contributed by atoms with van der Waals surface area (Å²) in [5.41, 5.74) is 3.26. The highest BCUT2D eigenvalue weighted by Gasteiger charge is 2.14. The zero-order valence-corrected chi connectivity index (χ0v) is 14.2. The van der Waals surface area contributed by atoms with Gasteiger partial charge in [-0.25, -0.2) is 4.98 Å². The van der Waals surface area contributed by atoms with E-state index < -0.39 is 5.24 Å². The van der Waals surface area contributed by atoms with E-state index in [4.69, 9.17) is 28.2 Å². The van der Waals surface area contributed by atoms with Crippen LogP contribution in [0.5, 0.6) is 0 Å². The fourth-order valence-electron chi connectivity index (χ4n) is 2.68. The molecular weight excluding hydrogens is 331 g/mol. The van der Waals surface area contributed by atoms with Gasteiger partial charge in [0.15, 0.2) is 0 Å². The van der Waals surface area contributed by atoms with Crippen molar-refractivity contribution in [3.05, 3.63) is 64.4 Å². The van der Waals surface area contributed by atoms with E-state index >= 15 is 0 Å². The average Bonchev–Trinajstić information content (AvgIpc) is 2.87. The van der Waals surface area contributed by atoms with E-state index in [0.29, 0.717) is 12.1 Å². The summed E-state index contributed by atoms with van der Waals surface area (Å²) in [5.74, 6) is 0.988. The van der Waals surface area contributed by atoms with Crippen LogP contribution >= 0.6 is 23.2 Å². The van der Waals surface area contributed by atoms with Crippen LogP contribution in [0.15, 0.2) is 42.5 Å². The number of benzene rings is 2. The van der Waals surface area contributed by atoms with Crippen LogP contribution in [0.3, 0.4) is 0 Å². The molecule has 0 N–H and O–H groups in total. The highest BCUT2D eigenvalue weighted by Crippen LogP contribution is 2.24. The Morgan fingerprint density at radius 2 is 2.00 bits per heavy atom. The van der Waals surface area contributed by atoms with E-state index in [1.54, 1.807) is 12.1 Å². The maximum absolute atomic E-state index is 11.5. The normalized spacial score (nSPS) is 11.1. The van der Waals surface area contributed by atoms with Gasteiger partial charge in [0.05, 0.1) is 17.6 Å². The first-order valence-electron chi connectivity index (χ1n) is 7.52. The minimum absolute atomic E-state index is 0.463. The van der Waals surface area contributed by atoms with E-state index in [1.807, 2.05) is 30.3 Å². The molecule has 0 saturated heterocycles. The molecule has 1 heterocycles. The molecular formula is C18H16Cl2N2O. The highest BCUT2D eigenvalue weighted by molar-refractivity contribution is 6.67. The van der Waals surface area contributed by atoms with Crippen LogP contribution in [-0.4, -0.2) is 14.8 Å². The van der Waals surface area contributed by atoms with Gasteiger partial charge in [-0.3, -0.25) is 4.79 Å². The molecule has 5 heteroatoms. The quantitative estimate of drug-likeness (QED) is 0.604. The van der Waals surface area contributed by atoms with Gasteiger partial charge in [0.1, 0.15) is 5.82 Å². The Kier molecular flexibility index (Phi) is 4.69. The second-order valence-electron chi connectivity index (χ2n) is 5.43. The zero-order chi connectivity index (χ0) is 16.4. The second kappa shape index (κ2) is 6.73. The fourth-order valence-corrected chi connectivity index (χ4v) is 3.00. The third-order valence-corrected chi connectivity index (χ3v) is 4.40. The van der Waals surface area contributed by atoms with Crippen LogP contribution in [-0.2, 0) is 13.0 Å². The van der Waals surface area contributed by atoms with Crippen molar-refractivity contribution in [2.45, 2.75) is 26.3 Å². The number of carbonyl (C=O) groups is 1. The van der Waals surface area contributed by atoms with Gasteiger partial charge >= 0.3 is 0 Å². The lowest BCUT2D eigenvalue weighted by atomic mass is 10.2. The van der Waals surface area contributed by atoms with Crippen molar-refractivity contribution in [1.82, 2.24) is 9.55 Å². The lowest BCUT2D eigenvalue weighted by Gasteiger charge is -2.10. The molecule has 0 radical (unpaired) electrons. The molecule has 3 rings (SSSR count). The van der Waals surface area contributed by atoms with Crippen LogP contribution in [0.4, 0.5) is 0 Å². The van der Waals surface area contributed by atoms with Crippen molar-refractivity contribution >= 4 is 39.5 Å². The third kappa shape index (κ3) is 3.26. The second-order valence-corrected chi connectivity index (χ2v) is 6.18. The van der Waals surface area contributed by atoms with Crippen LogP contribution in [0, 0.1) is 0 Å². The molecule has 2 aromatic carbocycles. The number of aromatic nitrogens is 2. The van der Waals surface area contributed by atoms with Crippen LogP contribution in [0.1, 0.15) is 35.1 Å². The molecule has 23 heavy (non-hydrogen) atoms. The van der Waals surface area contributed by atoms with Gasteiger partial charge in [0.2, 0.25) is 0 Å². The minimum Gasteiger partial charge on any atom is -0.323 e. The molecule has 0 bridgehead atoms. The molecule has 0 unspecified atom stereocenters. The zero-order valence-electron chi connectivity index (χ0n) is 12.7. The fraction of sp³-hybridized carbons (Fsp3) is 0.222. The predicted molar refractivity (Wildman–Crippen MR) is 94.5 cm³/mol. The van der Waals surface area contributed by atoms with E-state index in [-0.39, 0.29) is 0 Å². The SMILES string of the molecule is CCCc1nc2ccc(C(=O)Cl)cc2n1Cc1ccccc1Cl. The first-order chi connectivity index (χ1) is 11.1. The number of rotatable bonds is 5. The number of fused-ring (bicyclic) bond motifs is 1. The standard InChI is InChI=1S/C18H16Cl2N2O/c1-2-5-17-21-15-9-8-12(18(20)23)10-16(15)22(17)11-13-6-3-4-7-14(13)19/h3-4,6-10H,2,5,11H2,1H3. The molecule has 0 aliphatic carbocycles. The summed E-state index contributed by atoms with van der Waals surface area (Å²) in [4.78, 5) is 16.2. The third-order valence-electron chi connectivity index (χ3n) is 3.81. The average molecular weight is 347 g/mol. The molecule has 0 amide bonds. The van der Waals surface area contributed by atoms with E-state index in [2.05, 4.69) is 11.5 Å². The van der Waals surface area contributed by atoms with Crippen molar-refractivity contribution in [1.29, 1.82) is 0 Å². The summed E-state index contributed by atoms with van der Waals surface area (Å²) in [6.07, 6.45) is 1.86. The van der Waals surface area contributed by atoms with Crippen molar-refractivity contribution in [2.24, 2.45) is 0 Å². The van der Waals surface area contributed by atoms with Crippen LogP contribution in [0.2, 0.25) is 5.02 Å². The van der Waals surface area contributed by atoms with Gasteiger partial charge < -0.3 is 4.57 Å². The Balaban J connectivity index is 2.15. The Bertz CT molecular complexity index is 871. The van der Waals surface area contributed by atoms with Crippen molar-refractivity contribution in [3.63, 3.8) is 0 Å². The largest absolute Gasteiger partial charge is 0.323 e. The maximum Gasteiger partial charge on any atom is 0.252 e. The summed E-state index contributed by atoms with van der Waals surface area (Å²) in [6, 6.07) is 13.1. The number of hydrogen-bond acceptors (Lipinski definition) is 2. The van der Waals surface area contributed by atoms with Gasteiger partial charge in [0, 0.05) is 17.0 Å². The molecule has 0 aliphatic rings. The van der Waals surface area contributed by atoms with Crippen LogP contribution < -0.4 is 0 Å². The Morgan fingerprint density at radius 1 is 1.22 bits per heavy atom. The first kappa shape index (κ1) is 16.0. The number of hydrogen-bond donors (Lipinski definition) is 0. The van der Waals surface area contributed by atoms with Crippen molar-refractivity contribution in [3.8, 4) is 0 Å². The molecule has 0 spiro atoms. The molecule has 0 atom stereocenters. The van der Waals surface area contributed by atoms with Crippen molar-refractivity contribution < 1.29 is 4.79 Å². The summed E-state index contributed by atoms with van der Waals surface area (Å²) in [5, 5.41) is 0.260. The topological polar surface area (TPSA) is 34.9 Å². The lowest BCUT2D eigenvalue weighted by Crippen LogP contribution is -2.06. The molecule has 3 nitrogen and oxygen atoms in total. The molecule has 118 valence electrons. The van der Waals surface area contributed by atoms with E-state index in [0.717, 1.165) is 40.3 Å². The van der Waals surface area contributed by atoms with Crippen LogP contribution in [0.25, 0.3) is 11.0 Å². The summed E-state index contributed by atoms with van der Waals surface area (Å²) >= 11 is 11.9. The molecule has 0 saturated carbocycles. The smallest absolute Gasteiger partial charge is 0.252 e. The van der Waals surface area contributed by atoms with Gasteiger partial charge in [-0.05, 0) is 47.9 Å². The summed E-state index contributed by atoms with van der Waals surface area (Å²) < 4.78 is 2.11. The van der Waals surface area contributed by atoms with Gasteiger partial charge in [-0.1, -0.05) is 36.7 Å². The van der Waals surface area contributed by atoms with Gasteiger partial charge in [-0.15, -0.1) is 0 Å². The van der Waals surface area contributed by atoms with Gasteiger partial charge in [-0.2, -0.15) is 0 Å².